The Balaban J connectivity index is 1.49. The second kappa shape index (κ2) is 8.74. The van der Waals surface area contributed by atoms with Crippen LogP contribution in [0.3, 0.4) is 0 Å². The third-order valence-electron chi connectivity index (χ3n) is 5.30. The minimum atomic E-state index is -0.716. The van der Waals surface area contributed by atoms with Crippen LogP contribution in [0.25, 0.3) is 0 Å². The number of ketones is 1. The molecular formula is C25H20ClNO4. The Hall–Kier alpha value is -3.44. The standard InChI is InChI=1S/C25H20ClNO4/c1-16-14-18-6-2-5-9-22(18)27(16)23(28)15-31-25(30)21-8-4-3-7-20(21)24(29)17-10-12-19(26)13-11-17/h2-13,16H,14-15H2,1H3/t16-/m0/s1. The van der Waals surface area contributed by atoms with Gasteiger partial charge in [0.05, 0.1) is 5.56 Å². The van der Waals surface area contributed by atoms with E-state index in [1.165, 1.54) is 6.07 Å². The number of rotatable bonds is 5. The van der Waals surface area contributed by atoms with Gasteiger partial charge in [-0.1, -0.05) is 48.0 Å². The molecule has 156 valence electrons. The van der Waals surface area contributed by atoms with Crippen LogP contribution >= 0.6 is 11.6 Å². The fraction of sp³-hybridized carbons (Fsp3) is 0.160. The Morgan fingerprint density at radius 1 is 0.935 bits per heavy atom. The number of amides is 1. The predicted octanol–water partition coefficient (Wildman–Crippen LogP) is 4.71. The van der Waals surface area contributed by atoms with E-state index in [0.717, 1.165) is 17.7 Å². The maximum absolute atomic E-state index is 12.9. The van der Waals surface area contributed by atoms with Crippen molar-refractivity contribution in [2.75, 3.05) is 11.5 Å². The second-order valence-corrected chi connectivity index (χ2v) is 7.84. The molecule has 0 saturated carbocycles. The molecule has 0 aromatic heterocycles. The summed E-state index contributed by atoms with van der Waals surface area (Å²) in [7, 11) is 0. The largest absolute Gasteiger partial charge is 0.452 e. The monoisotopic (exact) mass is 433 g/mol. The summed E-state index contributed by atoms with van der Waals surface area (Å²) < 4.78 is 5.31. The second-order valence-electron chi connectivity index (χ2n) is 7.40. The fourth-order valence-corrected chi connectivity index (χ4v) is 3.96. The highest BCUT2D eigenvalue weighted by atomic mass is 35.5. The lowest BCUT2D eigenvalue weighted by molar-refractivity contribution is -0.122. The summed E-state index contributed by atoms with van der Waals surface area (Å²) in [5, 5.41) is 0.514. The Bertz CT molecular complexity index is 1160. The van der Waals surface area contributed by atoms with Crippen molar-refractivity contribution in [3.8, 4) is 0 Å². The number of esters is 1. The Morgan fingerprint density at radius 2 is 1.58 bits per heavy atom. The van der Waals surface area contributed by atoms with Gasteiger partial charge in [0.1, 0.15) is 0 Å². The molecule has 3 aromatic rings. The summed E-state index contributed by atoms with van der Waals surface area (Å²) in [6.45, 7) is 1.56. The number of fused-ring (bicyclic) bond motifs is 1. The molecule has 0 unspecified atom stereocenters. The summed E-state index contributed by atoms with van der Waals surface area (Å²) in [6, 6.07) is 20.5. The average Bonchev–Trinajstić information content (AvgIpc) is 3.13. The molecule has 0 bridgehead atoms. The van der Waals surface area contributed by atoms with Crippen LogP contribution in [0.15, 0.2) is 72.8 Å². The number of carbonyl (C=O) groups excluding carboxylic acids is 3. The van der Waals surface area contributed by atoms with Crippen LogP contribution in [-0.2, 0) is 16.0 Å². The fourth-order valence-electron chi connectivity index (χ4n) is 3.84. The molecule has 6 heteroatoms. The number of para-hydroxylation sites is 1. The van der Waals surface area contributed by atoms with Crippen molar-refractivity contribution >= 4 is 34.9 Å². The van der Waals surface area contributed by atoms with Crippen LogP contribution in [0.2, 0.25) is 5.02 Å². The minimum Gasteiger partial charge on any atom is -0.452 e. The van der Waals surface area contributed by atoms with Crippen LogP contribution < -0.4 is 4.90 Å². The molecule has 0 radical (unpaired) electrons. The first-order valence-electron chi connectivity index (χ1n) is 9.92. The lowest BCUT2D eigenvalue weighted by atomic mass is 9.98. The van der Waals surface area contributed by atoms with Crippen molar-refractivity contribution in [1.29, 1.82) is 0 Å². The van der Waals surface area contributed by atoms with Crippen molar-refractivity contribution < 1.29 is 19.1 Å². The van der Waals surface area contributed by atoms with Crippen molar-refractivity contribution in [3.63, 3.8) is 0 Å². The van der Waals surface area contributed by atoms with Gasteiger partial charge in [-0.2, -0.15) is 0 Å². The zero-order valence-corrected chi connectivity index (χ0v) is 17.6. The number of anilines is 1. The van der Waals surface area contributed by atoms with E-state index < -0.39 is 12.6 Å². The molecule has 0 fully saturated rings. The minimum absolute atomic E-state index is 0.0117. The van der Waals surface area contributed by atoms with Gasteiger partial charge in [0.25, 0.3) is 5.91 Å². The van der Waals surface area contributed by atoms with Gasteiger partial charge in [-0.15, -0.1) is 0 Å². The van der Waals surface area contributed by atoms with E-state index in [2.05, 4.69) is 0 Å². The number of hydrogen-bond acceptors (Lipinski definition) is 4. The summed E-state index contributed by atoms with van der Waals surface area (Å²) >= 11 is 5.89. The number of carbonyl (C=O) groups is 3. The molecule has 0 spiro atoms. The molecule has 3 aromatic carbocycles. The molecule has 31 heavy (non-hydrogen) atoms. The van der Waals surface area contributed by atoms with Gasteiger partial charge in [-0.25, -0.2) is 4.79 Å². The van der Waals surface area contributed by atoms with E-state index >= 15 is 0 Å². The smallest absolute Gasteiger partial charge is 0.339 e. The molecule has 1 atom stereocenters. The lowest BCUT2D eigenvalue weighted by Crippen LogP contribution is -2.38. The first-order valence-corrected chi connectivity index (χ1v) is 10.3. The molecule has 0 aliphatic carbocycles. The maximum atomic E-state index is 12.9. The molecule has 0 saturated heterocycles. The number of halogens is 1. The Kier molecular flexibility index (Phi) is 5.87. The van der Waals surface area contributed by atoms with Gasteiger partial charge in [0.15, 0.2) is 12.4 Å². The highest BCUT2D eigenvalue weighted by molar-refractivity contribution is 6.30. The van der Waals surface area contributed by atoms with Gasteiger partial charge in [0, 0.05) is 27.9 Å². The third kappa shape index (κ3) is 4.23. The van der Waals surface area contributed by atoms with Gasteiger partial charge < -0.3 is 9.64 Å². The zero-order valence-electron chi connectivity index (χ0n) is 16.9. The molecule has 1 aliphatic rings. The van der Waals surface area contributed by atoms with Crippen molar-refractivity contribution in [2.24, 2.45) is 0 Å². The van der Waals surface area contributed by atoms with E-state index in [1.54, 1.807) is 47.4 Å². The number of benzene rings is 3. The van der Waals surface area contributed by atoms with E-state index in [9.17, 15) is 14.4 Å². The maximum Gasteiger partial charge on any atom is 0.339 e. The summed E-state index contributed by atoms with van der Waals surface area (Å²) in [5.41, 5.74) is 2.67. The number of hydrogen-bond donors (Lipinski definition) is 0. The average molecular weight is 434 g/mol. The molecule has 5 nitrogen and oxygen atoms in total. The van der Waals surface area contributed by atoms with Crippen molar-refractivity contribution in [2.45, 2.75) is 19.4 Å². The predicted molar refractivity (Wildman–Crippen MR) is 119 cm³/mol. The topological polar surface area (TPSA) is 63.7 Å². The van der Waals surface area contributed by atoms with E-state index in [4.69, 9.17) is 16.3 Å². The van der Waals surface area contributed by atoms with Crippen LogP contribution in [0, 0.1) is 0 Å². The summed E-state index contributed by atoms with van der Waals surface area (Å²) in [5.74, 6) is -1.34. The molecule has 4 rings (SSSR count). The lowest BCUT2D eigenvalue weighted by Gasteiger charge is -2.22. The number of ether oxygens (including phenoxy) is 1. The number of nitrogens with zero attached hydrogens (tertiary/aromatic N) is 1. The van der Waals surface area contributed by atoms with E-state index in [-0.39, 0.29) is 28.9 Å². The van der Waals surface area contributed by atoms with Gasteiger partial charge in [0.2, 0.25) is 0 Å². The van der Waals surface area contributed by atoms with Crippen LogP contribution in [0.1, 0.15) is 38.8 Å². The highest BCUT2D eigenvalue weighted by Gasteiger charge is 2.31. The summed E-state index contributed by atoms with van der Waals surface area (Å²) in [6.07, 6.45) is 0.758. The molecular weight excluding hydrogens is 414 g/mol. The van der Waals surface area contributed by atoms with Gasteiger partial charge in [-0.05, 0) is 55.3 Å². The third-order valence-corrected chi connectivity index (χ3v) is 5.55. The van der Waals surface area contributed by atoms with Crippen molar-refractivity contribution in [1.82, 2.24) is 0 Å². The normalized spacial score (nSPS) is 14.8. The molecule has 1 amide bonds. The van der Waals surface area contributed by atoms with Crippen LogP contribution in [0.4, 0.5) is 5.69 Å². The Labute approximate surface area is 185 Å². The molecule has 1 aliphatic heterocycles. The van der Waals surface area contributed by atoms with E-state index in [1.807, 2.05) is 31.2 Å². The first kappa shape index (κ1) is 20.8. The molecule has 1 heterocycles. The molecule has 0 N–H and O–H groups in total. The van der Waals surface area contributed by atoms with Crippen molar-refractivity contribution in [3.05, 3.63) is 100 Å². The SMILES string of the molecule is C[C@H]1Cc2ccccc2N1C(=O)COC(=O)c1ccccc1C(=O)c1ccc(Cl)cc1. The van der Waals surface area contributed by atoms with Gasteiger partial charge >= 0.3 is 5.97 Å². The van der Waals surface area contributed by atoms with Crippen LogP contribution in [0.5, 0.6) is 0 Å². The quantitative estimate of drug-likeness (QED) is 0.432. The highest BCUT2D eigenvalue weighted by Crippen LogP contribution is 2.31. The van der Waals surface area contributed by atoms with Gasteiger partial charge in [-0.3, -0.25) is 9.59 Å². The first-order chi connectivity index (χ1) is 15.0. The summed E-state index contributed by atoms with van der Waals surface area (Å²) in [4.78, 5) is 40.1. The zero-order chi connectivity index (χ0) is 22.0. The van der Waals surface area contributed by atoms with E-state index in [0.29, 0.717) is 10.6 Å². The Morgan fingerprint density at radius 3 is 2.32 bits per heavy atom. The van der Waals surface area contributed by atoms with Crippen LogP contribution in [-0.4, -0.2) is 30.3 Å².